The molecule has 3 rings (SSSR count). The van der Waals surface area contributed by atoms with Crippen molar-refractivity contribution in [3.8, 4) is 0 Å². The van der Waals surface area contributed by atoms with E-state index in [0.29, 0.717) is 25.9 Å². The van der Waals surface area contributed by atoms with Gasteiger partial charge in [-0.1, -0.05) is 30.3 Å². The Hall–Kier alpha value is -2.60. The summed E-state index contributed by atoms with van der Waals surface area (Å²) in [5.74, 6) is -2.11. The second-order valence-corrected chi connectivity index (χ2v) is 7.62. The van der Waals surface area contributed by atoms with Crippen molar-refractivity contribution in [1.29, 1.82) is 0 Å². The molecular weight excluding hydrogens is 374 g/mol. The molecular formula is C23H26F2N2O2. The molecule has 1 aliphatic rings. The van der Waals surface area contributed by atoms with E-state index in [9.17, 15) is 18.4 Å². The minimum atomic E-state index is -0.693. The average molecular weight is 400 g/mol. The molecule has 2 unspecified atom stereocenters. The molecule has 0 saturated carbocycles. The number of amides is 1. The van der Waals surface area contributed by atoms with E-state index in [1.54, 1.807) is 0 Å². The van der Waals surface area contributed by atoms with Crippen LogP contribution in [-0.4, -0.2) is 35.7 Å². The van der Waals surface area contributed by atoms with Gasteiger partial charge >= 0.3 is 0 Å². The van der Waals surface area contributed by atoms with Gasteiger partial charge in [0.15, 0.2) is 5.78 Å². The van der Waals surface area contributed by atoms with Gasteiger partial charge in [0.2, 0.25) is 5.91 Å². The Bertz CT molecular complexity index is 864. The lowest BCUT2D eigenvalue weighted by molar-refractivity contribution is -0.127. The number of nitrogens with one attached hydrogen (secondary N) is 1. The third kappa shape index (κ3) is 5.07. The Balaban J connectivity index is 1.55. The molecule has 6 heteroatoms. The zero-order valence-electron chi connectivity index (χ0n) is 16.7. The van der Waals surface area contributed by atoms with E-state index in [1.165, 1.54) is 0 Å². The lowest BCUT2D eigenvalue weighted by atomic mass is 9.88. The van der Waals surface area contributed by atoms with Gasteiger partial charge in [-0.25, -0.2) is 8.78 Å². The highest BCUT2D eigenvalue weighted by molar-refractivity contribution is 5.98. The van der Waals surface area contributed by atoms with Crippen molar-refractivity contribution in [1.82, 2.24) is 10.2 Å². The Morgan fingerprint density at radius 2 is 1.69 bits per heavy atom. The maximum atomic E-state index is 13.9. The van der Waals surface area contributed by atoms with E-state index < -0.39 is 11.6 Å². The maximum absolute atomic E-state index is 13.9. The molecule has 1 saturated heterocycles. The number of benzene rings is 2. The van der Waals surface area contributed by atoms with Crippen LogP contribution in [0.1, 0.15) is 48.7 Å². The molecule has 0 aliphatic carbocycles. The van der Waals surface area contributed by atoms with Crippen LogP contribution in [0.5, 0.6) is 0 Å². The fourth-order valence-electron chi connectivity index (χ4n) is 3.78. The summed E-state index contributed by atoms with van der Waals surface area (Å²) in [5.41, 5.74) is 0.848. The predicted molar refractivity (Wildman–Crippen MR) is 107 cm³/mol. The predicted octanol–water partition coefficient (Wildman–Crippen LogP) is 4.13. The van der Waals surface area contributed by atoms with Gasteiger partial charge in [-0.15, -0.1) is 0 Å². The Morgan fingerprint density at radius 3 is 2.34 bits per heavy atom. The summed E-state index contributed by atoms with van der Waals surface area (Å²) in [5, 5.41) is 3.03. The number of piperidine rings is 1. The van der Waals surface area contributed by atoms with Crippen molar-refractivity contribution in [2.75, 3.05) is 13.1 Å². The highest BCUT2D eigenvalue weighted by atomic mass is 19.1. The first kappa shape index (κ1) is 21.1. The van der Waals surface area contributed by atoms with Crippen LogP contribution in [0, 0.1) is 17.6 Å². The summed E-state index contributed by atoms with van der Waals surface area (Å²) in [7, 11) is 0. The van der Waals surface area contributed by atoms with Crippen LogP contribution in [0.4, 0.5) is 8.78 Å². The van der Waals surface area contributed by atoms with Gasteiger partial charge in [-0.3, -0.25) is 14.5 Å². The van der Waals surface area contributed by atoms with Crippen molar-refractivity contribution in [2.24, 2.45) is 5.92 Å². The highest BCUT2D eigenvalue weighted by Crippen LogP contribution is 2.25. The number of ketones is 1. The normalized spacial score (nSPS) is 17.5. The van der Waals surface area contributed by atoms with E-state index in [1.807, 2.05) is 49.1 Å². The Kier molecular flexibility index (Phi) is 6.75. The van der Waals surface area contributed by atoms with Gasteiger partial charge in [-0.2, -0.15) is 0 Å². The summed E-state index contributed by atoms with van der Waals surface area (Å²) >= 11 is 0. The van der Waals surface area contributed by atoms with Gasteiger partial charge < -0.3 is 5.32 Å². The van der Waals surface area contributed by atoms with Crippen molar-refractivity contribution < 1.29 is 18.4 Å². The number of hydrogen-bond donors (Lipinski definition) is 1. The van der Waals surface area contributed by atoms with Crippen LogP contribution in [-0.2, 0) is 4.79 Å². The first-order valence-electron chi connectivity index (χ1n) is 9.95. The third-order valence-electron chi connectivity index (χ3n) is 5.68. The molecule has 1 amide bonds. The van der Waals surface area contributed by atoms with Crippen LogP contribution in [0.3, 0.4) is 0 Å². The molecule has 2 aromatic rings. The van der Waals surface area contributed by atoms with Gasteiger partial charge in [0.05, 0.1) is 17.6 Å². The number of likely N-dealkylation sites (tertiary alicyclic amines) is 1. The van der Waals surface area contributed by atoms with Crippen molar-refractivity contribution >= 4 is 11.7 Å². The third-order valence-corrected chi connectivity index (χ3v) is 5.68. The molecule has 0 spiro atoms. The summed E-state index contributed by atoms with van der Waals surface area (Å²) in [6.07, 6.45) is 1.03. The zero-order valence-corrected chi connectivity index (χ0v) is 16.7. The number of Topliss-reactive ketones (excluding diaryl/α,β-unsaturated/α-hetero) is 1. The second kappa shape index (κ2) is 9.27. The molecule has 2 atom stereocenters. The number of nitrogens with zero attached hydrogens (tertiary/aromatic N) is 1. The van der Waals surface area contributed by atoms with Crippen LogP contribution >= 0.6 is 0 Å². The van der Waals surface area contributed by atoms with E-state index >= 15 is 0 Å². The van der Waals surface area contributed by atoms with Gasteiger partial charge in [-0.05, 0) is 63.5 Å². The summed E-state index contributed by atoms with van der Waals surface area (Å²) in [4.78, 5) is 27.2. The summed E-state index contributed by atoms with van der Waals surface area (Å²) in [6.45, 7) is 4.91. The molecule has 0 bridgehead atoms. The standard InChI is InChI=1S/C23H26F2N2O2/c1-15(17-6-4-3-5-7-17)26-23(29)16(2)27-12-10-18(11-13-27)22(28)20-14-19(24)8-9-21(20)25/h3-9,14-16,18H,10-13H2,1-2H3,(H,26,29). The number of hydrogen-bond acceptors (Lipinski definition) is 3. The minimum absolute atomic E-state index is 0.0673. The van der Waals surface area contributed by atoms with Crippen LogP contribution in [0.25, 0.3) is 0 Å². The molecule has 1 fully saturated rings. The number of halogens is 2. The summed E-state index contributed by atoms with van der Waals surface area (Å²) in [6, 6.07) is 12.3. The van der Waals surface area contributed by atoms with Crippen LogP contribution in [0.2, 0.25) is 0 Å². The Labute approximate surface area is 169 Å². The second-order valence-electron chi connectivity index (χ2n) is 7.62. The molecule has 1 N–H and O–H groups in total. The molecule has 4 nitrogen and oxygen atoms in total. The Morgan fingerprint density at radius 1 is 1.03 bits per heavy atom. The van der Waals surface area contributed by atoms with Gasteiger partial charge in [0.25, 0.3) is 0 Å². The number of rotatable bonds is 6. The fraction of sp³-hybridized carbons (Fsp3) is 0.391. The first-order chi connectivity index (χ1) is 13.9. The number of carbonyl (C=O) groups is 2. The van der Waals surface area contributed by atoms with Crippen molar-refractivity contribution in [2.45, 2.75) is 38.8 Å². The van der Waals surface area contributed by atoms with E-state index in [4.69, 9.17) is 0 Å². The van der Waals surface area contributed by atoms with Crippen molar-refractivity contribution in [3.05, 3.63) is 71.3 Å². The lowest BCUT2D eigenvalue weighted by Gasteiger charge is -2.35. The van der Waals surface area contributed by atoms with Crippen LogP contribution in [0.15, 0.2) is 48.5 Å². The quantitative estimate of drug-likeness (QED) is 0.742. The van der Waals surface area contributed by atoms with E-state index in [2.05, 4.69) is 5.32 Å². The van der Waals surface area contributed by atoms with Gasteiger partial charge in [0.1, 0.15) is 11.6 Å². The molecule has 1 heterocycles. The first-order valence-corrected chi connectivity index (χ1v) is 9.95. The topological polar surface area (TPSA) is 49.4 Å². The van der Waals surface area contributed by atoms with Crippen molar-refractivity contribution in [3.63, 3.8) is 0 Å². The smallest absolute Gasteiger partial charge is 0.237 e. The van der Waals surface area contributed by atoms with E-state index in [0.717, 1.165) is 23.8 Å². The molecule has 0 aromatic heterocycles. The molecule has 2 aromatic carbocycles. The fourth-order valence-corrected chi connectivity index (χ4v) is 3.78. The SMILES string of the molecule is CC(NC(=O)C(C)N1CCC(C(=O)c2cc(F)ccc2F)CC1)c1ccccc1. The minimum Gasteiger partial charge on any atom is -0.348 e. The molecule has 154 valence electrons. The average Bonchev–Trinajstić information content (AvgIpc) is 2.75. The lowest BCUT2D eigenvalue weighted by Crippen LogP contribution is -2.49. The molecule has 1 aliphatic heterocycles. The molecule has 29 heavy (non-hydrogen) atoms. The highest BCUT2D eigenvalue weighted by Gasteiger charge is 2.31. The van der Waals surface area contributed by atoms with E-state index in [-0.39, 0.29) is 35.3 Å². The van der Waals surface area contributed by atoms with Gasteiger partial charge in [0, 0.05) is 5.92 Å². The monoisotopic (exact) mass is 400 g/mol. The maximum Gasteiger partial charge on any atom is 0.237 e. The largest absolute Gasteiger partial charge is 0.348 e. The zero-order chi connectivity index (χ0) is 21.0. The summed E-state index contributed by atoms with van der Waals surface area (Å²) < 4.78 is 27.3. The molecule has 0 radical (unpaired) electrons. The van der Waals surface area contributed by atoms with Crippen LogP contribution < -0.4 is 5.32 Å². The number of carbonyl (C=O) groups excluding carboxylic acids is 2.